The normalized spacial score (nSPS) is 17.3. The molecular weight excluding hydrogens is 404 g/mol. The van der Waals surface area contributed by atoms with E-state index in [1.165, 1.54) is 15.8 Å². The zero-order chi connectivity index (χ0) is 21.0. The molecule has 1 aliphatic rings. The van der Waals surface area contributed by atoms with Crippen LogP contribution in [0.5, 0.6) is 0 Å². The number of rotatable bonds is 6. The van der Waals surface area contributed by atoms with Gasteiger partial charge in [0.25, 0.3) is 5.56 Å². The van der Waals surface area contributed by atoms with E-state index in [-0.39, 0.29) is 55.5 Å². The van der Waals surface area contributed by atoms with Gasteiger partial charge >= 0.3 is 0 Å². The first-order valence-electron chi connectivity index (χ1n) is 9.33. The van der Waals surface area contributed by atoms with E-state index >= 15 is 0 Å². The molecule has 0 saturated carbocycles. The summed E-state index contributed by atoms with van der Waals surface area (Å²) in [6.45, 7) is 0.493. The van der Waals surface area contributed by atoms with Crippen LogP contribution in [0, 0.1) is 0 Å². The summed E-state index contributed by atoms with van der Waals surface area (Å²) in [5.41, 5.74) is -1.13. The summed E-state index contributed by atoms with van der Waals surface area (Å²) in [6.07, 6.45) is -1.20. The van der Waals surface area contributed by atoms with Crippen LogP contribution >= 0.6 is 11.6 Å². The zero-order valence-electron chi connectivity index (χ0n) is 15.7. The maximum absolute atomic E-state index is 13.5. The van der Waals surface area contributed by atoms with Crippen LogP contribution in [0.3, 0.4) is 0 Å². The first kappa shape index (κ1) is 21.4. The van der Waals surface area contributed by atoms with E-state index in [9.17, 15) is 23.5 Å². The Morgan fingerprint density at radius 3 is 2.48 bits per heavy atom. The van der Waals surface area contributed by atoms with E-state index in [0.717, 1.165) is 6.07 Å². The van der Waals surface area contributed by atoms with Crippen molar-refractivity contribution >= 4 is 17.5 Å². The van der Waals surface area contributed by atoms with Crippen LogP contribution in [0.4, 0.5) is 8.78 Å². The Morgan fingerprint density at radius 2 is 1.90 bits per heavy atom. The minimum atomic E-state index is -2.65. The molecule has 2 aromatic rings. The topological polar surface area (TPSA) is 75.4 Å². The van der Waals surface area contributed by atoms with Gasteiger partial charge in [-0.05, 0) is 18.4 Å². The summed E-state index contributed by atoms with van der Waals surface area (Å²) < 4.78 is 28.2. The van der Waals surface area contributed by atoms with E-state index in [4.69, 9.17) is 11.6 Å². The lowest BCUT2D eigenvalue weighted by molar-refractivity contribution is -0.137. The molecule has 6 nitrogen and oxygen atoms in total. The van der Waals surface area contributed by atoms with Crippen molar-refractivity contribution in [2.45, 2.75) is 43.8 Å². The van der Waals surface area contributed by atoms with Gasteiger partial charge in [0.15, 0.2) is 0 Å². The van der Waals surface area contributed by atoms with Crippen molar-refractivity contribution in [2.24, 2.45) is 0 Å². The van der Waals surface area contributed by atoms with E-state index in [1.807, 2.05) is 0 Å². The second-order valence-electron chi connectivity index (χ2n) is 7.34. The van der Waals surface area contributed by atoms with Crippen molar-refractivity contribution in [1.82, 2.24) is 14.5 Å². The average Bonchev–Trinajstić information content (AvgIpc) is 2.69. The monoisotopic (exact) mass is 425 g/mol. The van der Waals surface area contributed by atoms with Crippen LogP contribution in [-0.2, 0) is 11.3 Å². The van der Waals surface area contributed by atoms with Gasteiger partial charge in [0.05, 0.1) is 24.4 Å². The lowest BCUT2D eigenvalue weighted by Gasteiger charge is -2.38. The Kier molecular flexibility index (Phi) is 6.64. The number of carbonyl (C=O) groups is 1. The molecule has 29 heavy (non-hydrogen) atoms. The number of aromatic nitrogens is 2. The van der Waals surface area contributed by atoms with Gasteiger partial charge in [0.1, 0.15) is 5.15 Å². The van der Waals surface area contributed by atoms with Crippen molar-refractivity contribution in [3.05, 3.63) is 63.8 Å². The molecular formula is C20H22ClF2N3O3. The van der Waals surface area contributed by atoms with Crippen LogP contribution in [0.15, 0.2) is 47.5 Å². The van der Waals surface area contributed by atoms with Crippen LogP contribution in [0.25, 0.3) is 0 Å². The molecule has 3 rings (SSSR count). The molecule has 0 bridgehead atoms. The van der Waals surface area contributed by atoms with Crippen LogP contribution in [0.2, 0.25) is 5.15 Å². The van der Waals surface area contributed by atoms with Crippen molar-refractivity contribution in [2.75, 3.05) is 13.1 Å². The molecule has 9 heteroatoms. The van der Waals surface area contributed by atoms with Crippen LogP contribution in [-0.4, -0.2) is 50.6 Å². The third-order valence-electron chi connectivity index (χ3n) is 5.28. The van der Waals surface area contributed by atoms with Gasteiger partial charge in [-0.15, -0.1) is 0 Å². The third kappa shape index (κ3) is 5.39. The first-order chi connectivity index (χ1) is 13.8. The quantitative estimate of drug-likeness (QED) is 0.722. The highest BCUT2D eigenvalue weighted by molar-refractivity contribution is 6.29. The van der Waals surface area contributed by atoms with Crippen molar-refractivity contribution in [3.8, 4) is 0 Å². The highest BCUT2D eigenvalue weighted by Gasteiger charge is 2.36. The summed E-state index contributed by atoms with van der Waals surface area (Å²) in [6, 6.07) is 9.43. The Hall–Kier alpha value is -2.32. The van der Waals surface area contributed by atoms with Crippen molar-refractivity contribution in [1.29, 1.82) is 0 Å². The molecule has 1 aliphatic heterocycles. The van der Waals surface area contributed by atoms with Crippen molar-refractivity contribution < 1.29 is 18.7 Å². The number of nitrogens with zero attached hydrogens (tertiary/aromatic N) is 3. The summed E-state index contributed by atoms with van der Waals surface area (Å²) >= 11 is 5.67. The number of alkyl halides is 2. The highest BCUT2D eigenvalue weighted by Crippen LogP contribution is 2.29. The minimum Gasteiger partial charge on any atom is -0.388 e. The molecule has 2 heterocycles. The Bertz CT molecular complexity index is 899. The van der Waals surface area contributed by atoms with Gasteiger partial charge in [0.2, 0.25) is 12.3 Å². The molecule has 1 unspecified atom stereocenters. The molecule has 0 aliphatic carbocycles. The minimum absolute atomic E-state index is 0.0295. The number of piperidine rings is 1. The summed E-state index contributed by atoms with van der Waals surface area (Å²) in [7, 11) is 0. The first-order valence-corrected chi connectivity index (χ1v) is 9.70. The fraction of sp³-hybridized carbons (Fsp3) is 0.450. The maximum Gasteiger partial charge on any atom is 0.254 e. The second-order valence-corrected chi connectivity index (χ2v) is 7.73. The van der Waals surface area contributed by atoms with Crippen molar-refractivity contribution in [3.63, 3.8) is 0 Å². The zero-order valence-corrected chi connectivity index (χ0v) is 16.4. The Morgan fingerprint density at radius 1 is 1.24 bits per heavy atom. The molecule has 1 saturated heterocycles. The highest BCUT2D eigenvalue weighted by atomic mass is 35.5. The van der Waals surface area contributed by atoms with Gasteiger partial charge in [-0.1, -0.05) is 41.9 Å². The van der Waals surface area contributed by atoms with E-state index in [0.29, 0.717) is 5.56 Å². The summed E-state index contributed by atoms with van der Waals surface area (Å²) in [5, 5.41) is 10.9. The molecule has 0 radical (unpaired) electrons. The Labute approximate surface area is 171 Å². The molecule has 156 valence electrons. The second kappa shape index (κ2) is 9.00. The molecule has 1 aromatic heterocycles. The summed E-state index contributed by atoms with van der Waals surface area (Å²) in [4.78, 5) is 29.9. The number of halogens is 3. The lowest BCUT2D eigenvalue weighted by Crippen LogP contribution is -2.50. The molecule has 1 amide bonds. The van der Waals surface area contributed by atoms with E-state index in [2.05, 4.69) is 4.98 Å². The fourth-order valence-corrected chi connectivity index (χ4v) is 3.68. The van der Waals surface area contributed by atoms with Gasteiger partial charge in [-0.2, -0.15) is 0 Å². The largest absolute Gasteiger partial charge is 0.388 e. The van der Waals surface area contributed by atoms with Crippen LogP contribution < -0.4 is 5.56 Å². The smallest absolute Gasteiger partial charge is 0.254 e. The molecule has 1 aromatic carbocycles. The van der Waals surface area contributed by atoms with Gasteiger partial charge < -0.3 is 10.0 Å². The maximum atomic E-state index is 13.5. The predicted molar refractivity (Wildman–Crippen MR) is 104 cm³/mol. The van der Waals surface area contributed by atoms with Gasteiger partial charge in [-0.3, -0.25) is 14.2 Å². The average molecular weight is 426 g/mol. The lowest BCUT2D eigenvalue weighted by atomic mass is 9.90. The molecule has 1 N–H and O–H groups in total. The number of likely N-dealkylation sites (tertiary alicyclic amines) is 1. The molecule has 1 fully saturated rings. The number of benzene rings is 1. The number of aliphatic hydroxyl groups is 1. The fourth-order valence-electron chi connectivity index (χ4n) is 3.54. The van der Waals surface area contributed by atoms with E-state index in [1.54, 1.807) is 30.3 Å². The van der Waals surface area contributed by atoms with E-state index < -0.39 is 17.9 Å². The number of carbonyl (C=O) groups excluding carboxylic acids is 1. The number of amides is 1. The molecule has 0 spiro atoms. The third-order valence-corrected chi connectivity index (χ3v) is 5.49. The van der Waals surface area contributed by atoms with Gasteiger partial charge in [-0.25, -0.2) is 13.8 Å². The number of hydrogen-bond donors (Lipinski definition) is 1. The summed E-state index contributed by atoms with van der Waals surface area (Å²) in [5.74, 6) is -1.53. The predicted octanol–water partition coefficient (Wildman–Crippen LogP) is 2.69. The number of hydrogen-bond acceptors (Lipinski definition) is 4. The standard InChI is InChI=1S/C20H22ClF2N3O3/c21-16-11-18(28)26(13-24-16)12-20(29)6-8-25(9-7-20)17(27)10-15(19(22)23)14-4-2-1-3-5-14/h1-5,11,13,15,19,29H,6-10,12H2. The van der Waals surface area contributed by atoms with Crippen LogP contribution in [0.1, 0.15) is 30.7 Å². The Balaban J connectivity index is 1.60. The van der Waals surface area contributed by atoms with Gasteiger partial charge in [0, 0.05) is 25.6 Å². The SMILES string of the molecule is O=C(CC(c1ccccc1)C(F)F)N1CCC(O)(Cn2cnc(Cl)cc2=O)CC1. The molecule has 1 atom stereocenters.